The molecule has 1 aromatic rings. The van der Waals surface area contributed by atoms with Gasteiger partial charge in [-0.3, -0.25) is 0 Å². The zero-order chi connectivity index (χ0) is 9.68. The van der Waals surface area contributed by atoms with Crippen LogP contribution >= 0.6 is 23.4 Å². The van der Waals surface area contributed by atoms with E-state index in [1.165, 1.54) is 0 Å². The Labute approximate surface area is 87.7 Å². The average Bonchev–Trinajstić information content (AvgIpc) is 2.12. The summed E-state index contributed by atoms with van der Waals surface area (Å²) >= 11 is 7.53. The second kappa shape index (κ2) is 5.06. The van der Waals surface area contributed by atoms with Gasteiger partial charge in [0.1, 0.15) is 0 Å². The number of thioether (sulfide) groups is 1. The normalized spacial score (nSPS) is 9.54. The molecule has 0 aliphatic heterocycles. The third-order valence-electron chi connectivity index (χ3n) is 1.49. The van der Waals surface area contributed by atoms with Gasteiger partial charge in [-0.15, -0.1) is 24.1 Å². The second-order valence-electron chi connectivity index (χ2n) is 2.49. The Balaban J connectivity index is 2.59. The van der Waals surface area contributed by atoms with Crippen molar-refractivity contribution in [3.05, 3.63) is 23.2 Å². The average molecular weight is 212 g/mol. The monoisotopic (exact) mass is 211 g/mol. The summed E-state index contributed by atoms with van der Waals surface area (Å²) in [7, 11) is 0. The summed E-state index contributed by atoms with van der Waals surface area (Å²) in [6, 6.07) is 5.61. The highest BCUT2D eigenvalue weighted by molar-refractivity contribution is 7.99. The third kappa shape index (κ3) is 3.22. The standard InChI is InChI=1S/C10H10ClNS/c1-2-3-6-13-8-4-5-10(12)9(11)7-8/h1,4-5,7H,3,6,12H2. The highest BCUT2D eigenvalue weighted by Crippen LogP contribution is 2.26. The van der Waals surface area contributed by atoms with Crippen LogP contribution in [0.25, 0.3) is 0 Å². The number of halogens is 1. The van der Waals surface area contributed by atoms with E-state index in [2.05, 4.69) is 5.92 Å². The van der Waals surface area contributed by atoms with Gasteiger partial charge in [0.2, 0.25) is 0 Å². The number of hydrogen-bond acceptors (Lipinski definition) is 2. The Hall–Kier alpha value is -0.780. The summed E-state index contributed by atoms with van der Waals surface area (Å²) in [5, 5.41) is 0.603. The number of hydrogen-bond donors (Lipinski definition) is 1. The molecule has 0 atom stereocenters. The Morgan fingerprint density at radius 2 is 2.31 bits per heavy atom. The Morgan fingerprint density at radius 1 is 1.54 bits per heavy atom. The van der Waals surface area contributed by atoms with Crippen molar-refractivity contribution >= 4 is 29.1 Å². The van der Waals surface area contributed by atoms with Crippen molar-refractivity contribution in [1.29, 1.82) is 0 Å². The summed E-state index contributed by atoms with van der Waals surface area (Å²) in [5.41, 5.74) is 6.18. The zero-order valence-corrected chi connectivity index (χ0v) is 8.66. The molecule has 0 saturated heterocycles. The van der Waals surface area contributed by atoms with Crippen LogP contribution in [0.2, 0.25) is 5.02 Å². The van der Waals surface area contributed by atoms with Crippen LogP contribution in [0, 0.1) is 12.3 Å². The van der Waals surface area contributed by atoms with Crippen molar-refractivity contribution < 1.29 is 0 Å². The number of rotatable bonds is 3. The highest BCUT2D eigenvalue weighted by atomic mass is 35.5. The predicted molar refractivity (Wildman–Crippen MR) is 60.0 cm³/mol. The topological polar surface area (TPSA) is 26.0 Å². The van der Waals surface area contributed by atoms with Crippen molar-refractivity contribution in [3.8, 4) is 12.3 Å². The molecule has 2 N–H and O–H groups in total. The van der Waals surface area contributed by atoms with E-state index < -0.39 is 0 Å². The van der Waals surface area contributed by atoms with Crippen LogP contribution < -0.4 is 5.73 Å². The van der Waals surface area contributed by atoms with Gasteiger partial charge in [-0.1, -0.05) is 11.6 Å². The number of nitrogens with two attached hydrogens (primary N) is 1. The van der Waals surface area contributed by atoms with Crippen LogP contribution in [-0.2, 0) is 0 Å². The van der Waals surface area contributed by atoms with E-state index in [1.54, 1.807) is 17.8 Å². The van der Waals surface area contributed by atoms with Crippen LogP contribution in [0.15, 0.2) is 23.1 Å². The molecule has 0 radical (unpaired) electrons. The molecule has 1 rings (SSSR count). The van der Waals surface area contributed by atoms with Gasteiger partial charge in [-0.2, -0.15) is 0 Å². The largest absolute Gasteiger partial charge is 0.398 e. The lowest BCUT2D eigenvalue weighted by atomic mass is 10.3. The van der Waals surface area contributed by atoms with Gasteiger partial charge >= 0.3 is 0 Å². The predicted octanol–water partition coefficient (Wildman–Crippen LogP) is 3.04. The maximum atomic E-state index is 5.85. The first kappa shape index (κ1) is 10.3. The molecule has 0 fully saturated rings. The Bertz CT molecular complexity index is 330. The molecule has 13 heavy (non-hydrogen) atoms. The van der Waals surface area contributed by atoms with Crippen LogP contribution in [0.5, 0.6) is 0 Å². The molecule has 0 amide bonds. The van der Waals surface area contributed by atoms with Gasteiger partial charge in [-0.25, -0.2) is 0 Å². The van der Waals surface area contributed by atoms with E-state index in [0.29, 0.717) is 10.7 Å². The van der Waals surface area contributed by atoms with E-state index in [9.17, 15) is 0 Å². The van der Waals surface area contributed by atoms with Crippen molar-refractivity contribution in [2.75, 3.05) is 11.5 Å². The van der Waals surface area contributed by atoms with Gasteiger partial charge < -0.3 is 5.73 Å². The van der Waals surface area contributed by atoms with Crippen molar-refractivity contribution in [1.82, 2.24) is 0 Å². The summed E-state index contributed by atoms with van der Waals surface area (Å²) in [6.45, 7) is 0. The Kier molecular flexibility index (Phi) is 4.01. The molecule has 68 valence electrons. The summed E-state index contributed by atoms with van der Waals surface area (Å²) in [4.78, 5) is 1.11. The Morgan fingerprint density at radius 3 is 2.92 bits per heavy atom. The van der Waals surface area contributed by atoms with Crippen molar-refractivity contribution in [2.45, 2.75) is 11.3 Å². The minimum Gasteiger partial charge on any atom is -0.398 e. The summed E-state index contributed by atoms with van der Waals surface area (Å²) < 4.78 is 0. The maximum Gasteiger partial charge on any atom is 0.0646 e. The molecular weight excluding hydrogens is 202 g/mol. The smallest absolute Gasteiger partial charge is 0.0646 e. The minimum atomic E-state index is 0.603. The van der Waals surface area contributed by atoms with E-state index in [4.69, 9.17) is 23.8 Å². The summed E-state index contributed by atoms with van der Waals surface area (Å²) in [6.07, 6.45) is 5.91. The SMILES string of the molecule is C#CCCSc1ccc(N)c(Cl)c1. The number of nitrogen functional groups attached to an aromatic ring is 1. The van der Waals surface area contributed by atoms with Crippen molar-refractivity contribution in [3.63, 3.8) is 0 Å². The van der Waals surface area contributed by atoms with Crippen molar-refractivity contribution in [2.24, 2.45) is 0 Å². The number of anilines is 1. The van der Waals surface area contributed by atoms with Crippen LogP contribution in [-0.4, -0.2) is 5.75 Å². The van der Waals surface area contributed by atoms with Crippen LogP contribution in [0.3, 0.4) is 0 Å². The fraction of sp³-hybridized carbons (Fsp3) is 0.200. The first-order valence-corrected chi connectivity index (χ1v) is 5.21. The molecule has 1 nitrogen and oxygen atoms in total. The molecular formula is C10H10ClNS. The third-order valence-corrected chi connectivity index (χ3v) is 2.81. The lowest BCUT2D eigenvalue weighted by Crippen LogP contribution is -1.86. The number of benzene rings is 1. The molecule has 1 aromatic carbocycles. The lowest BCUT2D eigenvalue weighted by Gasteiger charge is -2.01. The van der Waals surface area contributed by atoms with Gasteiger partial charge in [-0.05, 0) is 18.2 Å². The molecule has 0 unspecified atom stereocenters. The quantitative estimate of drug-likeness (QED) is 0.360. The minimum absolute atomic E-state index is 0.603. The number of terminal acetylenes is 1. The molecule has 0 aliphatic carbocycles. The van der Waals surface area contributed by atoms with E-state index in [-0.39, 0.29) is 0 Å². The van der Waals surface area contributed by atoms with Gasteiger partial charge in [0.05, 0.1) is 10.7 Å². The molecule has 0 spiro atoms. The molecule has 0 saturated carbocycles. The van der Waals surface area contributed by atoms with Gasteiger partial charge in [0.15, 0.2) is 0 Å². The first-order chi connectivity index (χ1) is 6.24. The van der Waals surface area contributed by atoms with E-state index in [0.717, 1.165) is 17.1 Å². The first-order valence-electron chi connectivity index (χ1n) is 3.85. The molecule has 0 bridgehead atoms. The molecule has 0 aliphatic rings. The maximum absolute atomic E-state index is 5.85. The molecule has 3 heteroatoms. The van der Waals surface area contributed by atoms with Gasteiger partial charge in [0.25, 0.3) is 0 Å². The second-order valence-corrected chi connectivity index (χ2v) is 4.06. The molecule has 0 heterocycles. The zero-order valence-electron chi connectivity index (χ0n) is 7.09. The fourth-order valence-corrected chi connectivity index (χ4v) is 1.89. The fourth-order valence-electron chi connectivity index (χ4n) is 0.825. The van der Waals surface area contributed by atoms with Crippen LogP contribution in [0.1, 0.15) is 6.42 Å². The van der Waals surface area contributed by atoms with E-state index >= 15 is 0 Å². The van der Waals surface area contributed by atoms with Crippen LogP contribution in [0.4, 0.5) is 5.69 Å². The lowest BCUT2D eigenvalue weighted by molar-refractivity contribution is 1.29. The summed E-state index contributed by atoms with van der Waals surface area (Å²) in [5.74, 6) is 3.50. The van der Waals surface area contributed by atoms with Gasteiger partial charge in [0, 0.05) is 17.1 Å². The highest BCUT2D eigenvalue weighted by Gasteiger charge is 1.98. The molecule has 0 aromatic heterocycles. The van der Waals surface area contributed by atoms with E-state index in [1.807, 2.05) is 12.1 Å².